The van der Waals surface area contributed by atoms with E-state index in [9.17, 15) is 8.42 Å². The molecular formula is C13H27N3O2S. The van der Waals surface area contributed by atoms with Crippen molar-refractivity contribution in [2.24, 2.45) is 0 Å². The van der Waals surface area contributed by atoms with Gasteiger partial charge < -0.3 is 5.32 Å². The van der Waals surface area contributed by atoms with Crippen LogP contribution in [0.15, 0.2) is 11.6 Å². The first kappa shape index (κ1) is 16.6. The van der Waals surface area contributed by atoms with Crippen LogP contribution < -0.4 is 5.32 Å². The molecule has 0 unspecified atom stereocenters. The molecule has 0 aromatic rings. The molecule has 1 aliphatic heterocycles. The van der Waals surface area contributed by atoms with Crippen molar-refractivity contribution < 1.29 is 8.42 Å². The van der Waals surface area contributed by atoms with E-state index in [4.69, 9.17) is 0 Å². The second kappa shape index (κ2) is 7.99. The highest BCUT2D eigenvalue weighted by molar-refractivity contribution is 7.86. The van der Waals surface area contributed by atoms with E-state index in [0.29, 0.717) is 19.6 Å². The monoisotopic (exact) mass is 289 g/mol. The van der Waals surface area contributed by atoms with Gasteiger partial charge in [-0.15, -0.1) is 0 Å². The van der Waals surface area contributed by atoms with Crippen LogP contribution in [-0.2, 0) is 10.2 Å². The molecule has 1 rings (SSSR count). The average molecular weight is 289 g/mol. The maximum absolute atomic E-state index is 12.4. The van der Waals surface area contributed by atoms with Gasteiger partial charge in [0.2, 0.25) is 0 Å². The molecular weight excluding hydrogens is 262 g/mol. The quantitative estimate of drug-likeness (QED) is 0.540. The van der Waals surface area contributed by atoms with Gasteiger partial charge in [-0.3, -0.25) is 0 Å². The van der Waals surface area contributed by atoms with Crippen LogP contribution in [0.2, 0.25) is 0 Å². The van der Waals surface area contributed by atoms with E-state index in [1.165, 1.54) is 4.31 Å². The summed E-state index contributed by atoms with van der Waals surface area (Å²) in [6.45, 7) is 7.66. The molecule has 1 heterocycles. The maximum atomic E-state index is 12.4. The summed E-state index contributed by atoms with van der Waals surface area (Å²) in [5.74, 6) is 0. The Bertz CT molecular complexity index is 393. The van der Waals surface area contributed by atoms with Crippen LogP contribution in [-0.4, -0.2) is 56.8 Å². The highest BCUT2D eigenvalue weighted by Gasteiger charge is 2.27. The molecule has 0 saturated carbocycles. The fourth-order valence-corrected chi connectivity index (χ4v) is 3.57. The number of hydrogen-bond donors (Lipinski definition) is 1. The Morgan fingerprint density at radius 2 is 2.16 bits per heavy atom. The molecule has 0 aromatic heterocycles. The van der Waals surface area contributed by atoms with Crippen molar-refractivity contribution in [1.29, 1.82) is 0 Å². The predicted octanol–water partition coefficient (Wildman–Crippen LogP) is 1.20. The number of nitrogens with zero attached hydrogens (tertiary/aromatic N) is 2. The second-order valence-corrected chi connectivity index (χ2v) is 7.14. The molecule has 0 aromatic carbocycles. The van der Waals surface area contributed by atoms with E-state index in [-0.39, 0.29) is 0 Å². The lowest BCUT2D eigenvalue weighted by atomic mass is 10.2. The molecule has 0 amide bonds. The van der Waals surface area contributed by atoms with Gasteiger partial charge in [-0.2, -0.15) is 17.0 Å². The predicted molar refractivity (Wildman–Crippen MR) is 79.3 cm³/mol. The van der Waals surface area contributed by atoms with Crippen LogP contribution in [0.1, 0.15) is 33.1 Å². The van der Waals surface area contributed by atoms with Crippen molar-refractivity contribution in [3.63, 3.8) is 0 Å². The summed E-state index contributed by atoms with van der Waals surface area (Å²) in [5.41, 5.74) is 1.13. The van der Waals surface area contributed by atoms with E-state index in [1.54, 1.807) is 11.4 Å². The van der Waals surface area contributed by atoms with Gasteiger partial charge in [0.1, 0.15) is 0 Å². The molecule has 19 heavy (non-hydrogen) atoms. The van der Waals surface area contributed by atoms with E-state index >= 15 is 0 Å². The Morgan fingerprint density at radius 1 is 1.42 bits per heavy atom. The summed E-state index contributed by atoms with van der Waals surface area (Å²) in [4.78, 5) is 0. The third-order valence-corrected chi connectivity index (χ3v) is 5.21. The first-order valence-electron chi connectivity index (χ1n) is 7.06. The lowest BCUT2D eigenvalue weighted by Crippen LogP contribution is -2.44. The van der Waals surface area contributed by atoms with Crippen molar-refractivity contribution >= 4 is 10.2 Å². The minimum Gasteiger partial charge on any atom is -0.317 e. The Labute approximate surface area is 117 Å². The van der Waals surface area contributed by atoms with Gasteiger partial charge >= 0.3 is 0 Å². The lowest BCUT2D eigenvalue weighted by Gasteiger charge is -2.29. The van der Waals surface area contributed by atoms with Crippen molar-refractivity contribution in [3.8, 4) is 0 Å². The standard InChI is InChI=1S/C13H27N3O2S/c1-4-8-14-9-6-10-15(3)19(17,18)16-11-5-7-13(2)12-16/h7,14H,4-6,8-12H2,1-3H3. The zero-order valence-corrected chi connectivity index (χ0v) is 13.2. The topological polar surface area (TPSA) is 52.7 Å². The normalized spacial score (nSPS) is 17.8. The number of hydrogen-bond acceptors (Lipinski definition) is 3. The minimum atomic E-state index is -3.29. The van der Waals surface area contributed by atoms with Crippen molar-refractivity contribution in [2.75, 3.05) is 39.8 Å². The van der Waals surface area contributed by atoms with Crippen LogP contribution in [0.25, 0.3) is 0 Å². The molecule has 112 valence electrons. The molecule has 6 heteroatoms. The van der Waals surface area contributed by atoms with Gasteiger partial charge in [0.05, 0.1) is 0 Å². The molecule has 1 aliphatic rings. The fraction of sp³-hybridized carbons (Fsp3) is 0.846. The maximum Gasteiger partial charge on any atom is 0.282 e. The number of rotatable bonds is 8. The summed E-state index contributed by atoms with van der Waals surface area (Å²) in [6, 6.07) is 0. The van der Waals surface area contributed by atoms with Crippen LogP contribution in [0.4, 0.5) is 0 Å². The third-order valence-electron chi connectivity index (χ3n) is 3.27. The van der Waals surface area contributed by atoms with Gasteiger partial charge in [-0.1, -0.05) is 18.6 Å². The Morgan fingerprint density at radius 3 is 2.79 bits per heavy atom. The zero-order valence-electron chi connectivity index (χ0n) is 12.4. The van der Waals surface area contributed by atoms with Crippen molar-refractivity contribution in [2.45, 2.75) is 33.1 Å². The smallest absolute Gasteiger partial charge is 0.282 e. The molecule has 0 bridgehead atoms. The van der Waals surface area contributed by atoms with Gasteiger partial charge in [-0.25, -0.2) is 0 Å². The Hall–Kier alpha value is -0.430. The van der Waals surface area contributed by atoms with Crippen LogP contribution >= 0.6 is 0 Å². The first-order chi connectivity index (χ1) is 8.98. The van der Waals surface area contributed by atoms with Gasteiger partial charge in [0, 0.05) is 26.7 Å². The summed E-state index contributed by atoms with van der Waals surface area (Å²) in [6.07, 6.45) is 4.88. The summed E-state index contributed by atoms with van der Waals surface area (Å²) < 4.78 is 27.8. The van der Waals surface area contributed by atoms with E-state index in [2.05, 4.69) is 18.3 Å². The van der Waals surface area contributed by atoms with Crippen LogP contribution in [0.3, 0.4) is 0 Å². The highest BCUT2D eigenvalue weighted by atomic mass is 32.2. The van der Waals surface area contributed by atoms with Gasteiger partial charge in [0.15, 0.2) is 0 Å². The fourth-order valence-electron chi connectivity index (χ4n) is 2.11. The largest absolute Gasteiger partial charge is 0.317 e. The molecule has 0 fully saturated rings. The molecule has 0 aliphatic carbocycles. The van der Waals surface area contributed by atoms with E-state index in [0.717, 1.165) is 37.9 Å². The number of nitrogens with one attached hydrogen (secondary N) is 1. The minimum absolute atomic E-state index is 0.529. The molecule has 5 nitrogen and oxygen atoms in total. The molecule has 0 saturated heterocycles. The van der Waals surface area contributed by atoms with E-state index < -0.39 is 10.2 Å². The third kappa shape index (κ3) is 5.22. The lowest BCUT2D eigenvalue weighted by molar-refractivity contribution is 0.365. The van der Waals surface area contributed by atoms with Crippen LogP contribution in [0, 0.1) is 0 Å². The average Bonchev–Trinajstić information content (AvgIpc) is 2.38. The second-order valence-electron chi connectivity index (χ2n) is 5.11. The van der Waals surface area contributed by atoms with Crippen molar-refractivity contribution in [3.05, 3.63) is 11.6 Å². The van der Waals surface area contributed by atoms with Crippen molar-refractivity contribution in [1.82, 2.24) is 13.9 Å². The SMILES string of the molecule is CCCNCCCN(C)S(=O)(=O)N1CCC=C(C)C1. The van der Waals surface area contributed by atoms with Gasteiger partial charge in [-0.05, 0) is 39.3 Å². The molecule has 0 atom stereocenters. The zero-order chi connectivity index (χ0) is 14.3. The first-order valence-corrected chi connectivity index (χ1v) is 8.46. The summed E-state index contributed by atoms with van der Waals surface area (Å²) >= 11 is 0. The van der Waals surface area contributed by atoms with Crippen LogP contribution in [0.5, 0.6) is 0 Å². The van der Waals surface area contributed by atoms with E-state index in [1.807, 2.05) is 6.92 Å². The summed E-state index contributed by atoms with van der Waals surface area (Å²) in [5, 5.41) is 3.28. The van der Waals surface area contributed by atoms with Gasteiger partial charge in [0.25, 0.3) is 10.2 Å². The molecule has 0 spiro atoms. The summed E-state index contributed by atoms with van der Waals surface area (Å²) in [7, 11) is -1.62. The molecule has 1 N–H and O–H groups in total. The Balaban J connectivity index is 2.41. The molecule has 0 radical (unpaired) electrons. The highest BCUT2D eigenvalue weighted by Crippen LogP contribution is 2.15. The Kier molecular flexibility index (Phi) is 6.99.